The maximum atomic E-state index is 11.9. The number of rotatable bonds is 5. The van der Waals surface area contributed by atoms with Crippen LogP contribution >= 0.6 is 0 Å². The van der Waals surface area contributed by atoms with Crippen LogP contribution in [0.4, 0.5) is 5.69 Å². The number of para-hydroxylation sites is 1. The van der Waals surface area contributed by atoms with Gasteiger partial charge in [-0.05, 0) is 30.5 Å². The number of nitrogens with one attached hydrogen (secondary N) is 2. The smallest absolute Gasteiger partial charge is 0.232 e. The predicted molar refractivity (Wildman–Crippen MR) is 92.9 cm³/mol. The summed E-state index contributed by atoms with van der Waals surface area (Å²) in [6.45, 7) is 3.98. The van der Waals surface area contributed by atoms with Gasteiger partial charge in [-0.1, -0.05) is 38.1 Å². The quantitative estimate of drug-likeness (QED) is 0.746. The summed E-state index contributed by atoms with van der Waals surface area (Å²) >= 11 is 0. The zero-order chi connectivity index (χ0) is 15.7. The summed E-state index contributed by atoms with van der Waals surface area (Å²) in [6, 6.07) is 11.9. The second-order valence-electron chi connectivity index (χ2n) is 5.50. The fourth-order valence-electron chi connectivity index (χ4n) is 2.85. The maximum absolute atomic E-state index is 11.9. The van der Waals surface area contributed by atoms with Crippen LogP contribution in [-0.2, 0) is 16.4 Å². The van der Waals surface area contributed by atoms with E-state index in [1.54, 1.807) is 0 Å². The molecule has 0 bridgehead atoms. The number of sulfonamides is 1. The third-order valence-corrected chi connectivity index (χ3v) is 5.34. The molecule has 0 saturated heterocycles. The molecule has 0 unspecified atom stereocenters. The van der Waals surface area contributed by atoms with Crippen molar-refractivity contribution in [3.05, 3.63) is 42.0 Å². The number of H-pyrrole nitrogens is 1. The van der Waals surface area contributed by atoms with Crippen molar-refractivity contribution in [3.8, 4) is 0 Å². The molecule has 116 valence electrons. The van der Waals surface area contributed by atoms with Gasteiger partial charge in [0.15, 0.2) is 0 Å². The molecule has 0 amide bonds. The highest BCUT2D eigenvalue weighted by molar-refractivity contribution is 7.92. The lowest BCUT2D eigenvalue weighted by Gasteiger charge is -2.06. The Labute approximate surface area is 130 Å². The van der Waals surface area contributed by atoms with Crippen LogP contribution in [0.3, 0.4) is 0 Å². The van der Waals surface area contributed by atoms with Crippen molar-refractivity contribution >= 4 is 37.5 Å². The van der Waals surface area contributed by atoms with E-state index in [0.717, 1.165) is 22.8 Å². The Morgan fingerprint density at radius 2 is 1.91 bits per heavy atom. The molecular formula is C17H20N2O2S. The monoisotopic (exact) mass is 316 g/mol. The van der Waals surface area contributed by atoms with E-state index in [-0.39, 0.29) is 5.75 Å². The topological polar surface area (TPSA) is 62.0 Å². The van der Waals surface area contributed by atoms with Crippen LogP contribution in [0.25, 0.3) is 21.8 Å². The molecule has 0 atom stereocenters. The summed E-state index contributed by atoms with van der Waals surface area (Å²) < 4.78 is 26.4. The first-order valence-electron chi connectivity index (χ1n) is 7.58. The summed E-state index contributed by atoms with van der Waals surface area (Å²) in [5, 5.41) is 2.29. The van der Waals surface area contributed by atoms with Gasteiger partial charge in [-0.3, -0.25) is 4.72 Å². The first-order valence-corrected chi connectivity index (χ1v) is 9.23. The van der Waals surface area contributed by atoms with Gasteiger partial charge >= 0.3 is 0 Å². The Morgan fingerprint density at radius 1 is 1.09 bits per heavy atom. The van der Waals surface area contributed by atoms with Crippen molar-refractivity contribution in [2.75, 3.05) is 10.5 Å². The van der Waals surface area contributed by atoms with Gasteiger partial charge in [-0.25, -0.2) is 8.42 Å². The van der Waals surface area contributed by atoms with Gasteiger partial charge in [0.2, 0.25) is 10.0 Å². The molecule has 2 aromatic carbocycles. The van der Waals surface area contributed by atoms with Gasteiger partial charge in [-0.2, -0.15) is 0 Å². The number of benzene rings is 2. The Balaban J connectivity index is 2.09. The highest BCUT2D eigenvalue weighted by Gasteiger charge is 2.11. The van der Waals surface area contributed by atoms with Gasteiger partial charge in [0, 0.05) is 21.8 Å². The fraction of sp³-hybridized carbons (Fsp3) is 0.294. The van der Waals surface area contributed by atoms with Gasteiger partial charge in [-0.15, -0.1) is 0 Å². The van der Waals surface area contributed by atoms with E-state index >= 15 is 0 Å². The second-order valence-corrected chi connectivity index (χ2v) is 7.34. The van der Waals surface area contributed by atoms with Crippen LogP contribution in [0.15, 0.2) is 36.4 Å². The number of aromatic amines is 1. The molecule has 3 rings (SSSR count). The van der Waals surface area contributed by atoms with Crippen LogP contribution in [0.2, 0.25) is 0 Å². The fourth-order valence-corrected chi connectivity index (χ4v) is 3.97. The third kappa shape index (κ3) is 2.68. The number of aromatic nitrogens is 1. The van der Waals surface area contributed by atoms with Crippen LogP contribution in [-0.4, -0.2) is 19.2 Å². The Bertz CT molecular complexity index is 926. The summed E-state index contributed by atoms with van der Waals surface area (Å²) in [5.74, 6) is 0.137. The molecule has 4 nitrogen and oxygen atoms in total. The van der Waals surface area contributed by atoms with Crippen molar-refractivity contribution < 1.29 is 8.42 Å². The minimum Gasteiger partial charge on any atom is -0.354 e. The summed E-state index contributed by atoms with van der Waals surface area (Å²) in [5.41, 5.74) is 3.95. The molecule has 0 aliphatic heterocycles. The van der Waals surface area contributed by atoms with Crippen molar-refractivity contribution in [1.82, 2.24) is 4.98 Å². The van der Waals surface area contributed by atoms with Gasteiger partial charge in [0.25, 0.3) is 0 Å². The predicted octanol–water partition coefficient (Wildman–Crippen LogP) is 4.04. The van der Waals surface area contributed by atoms with E-state index in [9.17, 15) is 8.42 Å². The van der Waals surface area contributed by atoms with E-state index < -0.39 is 10.0 Å². The molecule has 2 N–H and O–H groups in total. The molecule has 22 heavy (non-hydrogen) atoms. The number of aryl methyl sites for hydroxylation is 1. The van der Waals surface area contributed by atoms with Gasteiger partial charge in [0.05, 0.1) is 11.4 Å². The van der Waals surface area contributed by atoms with Gasteiger partial charge in [0.1, 0.15) is 0 Å². The lowest BCUT2D eigenvalue weighted by atomic mass is 10.1. The normalized spacial score (nSPS) is 12.1. The highest BCUT2D eigenvalue weighted by atomic mass is 32.2. The first-order chi connectivity index (χ1) is 10.5. The standard InChI is InChI=1S/C17H20N2O2S/c1-3-10-22(20,21)19-13-8-9-14-15-7-5-6-12(4-2)17(15)18-16(14)11-13/h5-9,11,18-19H,3-4,10H2,1-2H3. The van der Waals surface area contributed by atoms with E-state index in [4.69, 9.17) is 0 Å². The van der Waals surface area contributed by atoms with Gasteiger partial charge < -0.3 is 4.98 Å². The first kappa shape index (κ1) is 14.9. The molecule has 1 heterocycles. The summed E-state index contributed by atoms with van der Waals surface area (Å²) in [6.07, 6.45) is 1.56. The van der Waals surface area contributed by atoms with E-state index in [1.165, 1.54) is 10.9 Å². The maximum Gasteiger partial charge on any atom is 0.232 e. The minimum atomic E-state index is -3.26. The number of anilines is 1. The molecule has 0 saturated carbocycles. The van der Waals surface area contributed by atoms with Crippen LogP contribution < -0.4 is 4.72 Å². The SMILES string of the molecule is CCCS(=O)(=O)Nc1ccc2c(c1)[nH]c1c(CC)cccc12. The van der Waals surface area contributed by atoms with Crippen molar-refractivity contribution in [2.24, 2.45) is 0 Å². The largest absolute Gasteiger partial charge is 0.354 e. The molecular weight excluding hydrogens is 296 g/mol. The van der Waals surface area contributed by atoms with Crippen molar-refractivity contribution in [3.63, 3.8) is 0 Å². The van der Waals surface area contributed by atoms with E-state index in [0.29, 0.717) is 12.1 Å². The Hall–Kier alpha value is -2.01. The number of hydrogen-bond acceptors (Lipinski definition) is 2. The molecule has 0 spiro atoms. The molecule has 0 aliphatic carbocycles. The molecule has 0 radical (unpaired) electrons. The Morgan fingerprint density at radius 3 is 2.64 bits per heavy atom. The van der Waals surface area contributed by atoms with Crippen molar-refractivity contribution in [2.45, 2.75) is 26.7 Å². The van der Waals surface area contributed by atoms with Crippen LogP contribution in [0.5, 0.6) is 0 Å². The zero-order valence-corrected chi connectivity index (χ0v) is 13.6. The van der Waals surface area contributed by atoms with Crippen molar-refractivity contribution in [1.29, 1.82) is 0 Å². The molecule has 1 aromatic heterocycles. The van der Waals surface area contributed by atoms with Crippen LogP contribution in [0.1, 0.15) is 25.8 Å². The lowest BCUT2D eigenvalue weighted by molar-refractivity contribution is 0.600. The highest BCUT2D eigenvalue weighted by Crippen LogP contribution is 2.30. The van der Waals surface area contributed by atoms with E-state index in [1.807, 2.05) is 25.1 Å². The number of fused-ring (bicyclic) bond motifs is 3. The average Bonchev–Trinajstić information content (AvgIpc) is 2.84. The number of hydrogen-bond donors (Lipinski definition) is 2. The molecule has 3 aromatic rings. The third-order valence-electron chi connectivity index (χ3n) is 3.85. The van der Waals surface area contributed by atoms with Crippen LogP contribution in [0, 0.1) is 0 Å². The summed E-state index contributed by atoms with van der Waals surface area (Å²) in [7, 11) is -3.26. The minimum absolute atomic E-state index is 0.137. The molecule has 0 fully saturated rings. The zero-order valence-electron chi connectivity index (χ0n) is 12.8. The Kier molecular flexibility index (Phi) is 3.83. The molecule has 0 aliphatic rings. The summed E-state index contributed by atoms with van der Waals surface area (Å²) in [4.78, 5) is 3.42. The van der Waals surface area contributed by atoms with E-state index in [2.05, 4.69) is 34.8 Å². The lowest BCUT2D eigenvalue weighted by Crippen LogP contribution is -2.15. The molecule has 5 heteroatoms. The average molecular weight is 316 g/mol. The second kappa shape index (κ2) is 5.65.